The number of ether oxygens (including phenoxy) is 1. The molecule has 25 heavy (non-hydrogen) atoms. The summed E-state index contributed by atoms with van der Waals surface area (Å²) in [7, 11) is -0.755. The van der Waals surface area contributed by atoms with E-state index >= 15 is 0 Å². The molecule has 134 valence electrons. The lowest BCUT2D eigenvalue weighted by atomic mass is 9.98. The lowest BCUT2D eigenvalue weighted by molar-refractivity contribution is 0.402. The molecule has 6 nitrogen and oxygen atoms in total. The lowest BCUT2D eigenvalue weighted by Crippen LogP contribution is -2.36. The zero-order valence-corrected chi connectivity index (χ0v) is 15.3. The number of nitrogens with zero attached hydrogens (tertiary/aromatic N) is 3. The van der Waals surface area contributed by atoms with Crippen molar-refractivity contribution in [2.24, 2.45) is 5.92 Å². The Hall–Kier alpha value is -1.89. The van der Waals surface area contributed by atoms with E-state index in [2.05, 4.69) is 14.9 Å². The molecule has 2 fully saturated rings. The highest BCUT2D eigenvalue weighted by molar-refractivity contribution is 7.93. The highest BCUT2D eigenvalue weighted by Crippen LogP contribution is 2.35. The molecule has 2 aromatic heterocycles. The zero-order valence-electron chi connectivity index (χ0n) is 14.5. The van der Waals surface area contributed by atoms with Gasteiger partial charge in [-0.25, -0.2) is 9.19 Å². The summed E-state index contributed by atoms with van der Waals surface area (Å²) < 4.78 is 25.9. The first-order valence-corrected chi connectivity index (χ1v) is 10.7. The van der Waals surface area contributed by atoms with Crippen molar-refractivity contribution in [3.8, 4) is 5.88 Å². The minimum absolute atomic E-state index is 0.176. The molecule has 2 aromatic rings. The number of pyridine rings is 2. The molecule has 1 atom stereocenters. The molecule has 2 aliphatic rings. The van der Waals surface area contributed by atoms with Crippen LogP contribution in [0, 0.1) is 10.7 Å². The molecule has 0 amide bonds. The summed E-state index contributed by atoms with van der Waals surface area (Å²) in [5.41, 5.74) is 1.94. The van der Waals surface area contributed by atoms with Crippen molar-refractivity contribution in [3.05, 3.63) is 24.5 Å². The maximum absolute atomic E-state index is 12.4. The quantitative estimate of drug-likeness (QED) is 0.886. The van der Waals surface area contributed by atoms with E-state index in [4.69, 9.17) is 9.52 Å². The minimum atomic E-state index is -2.37. The van der Waals surface area contributed by atoms with E-state index < -0.39 is 9.73 Å². The van der Waals surface area contributed by atoms with Crippen LogP contribution in [0.1, 0.15) is 25.7 Å². The van der Waals surface area contributed by atoms with Crippen LogP contribution < -0.4 is 9.64 Å². The van der Waals surface area contributed by atoms with Gasteiger partial charge < -0.3 is 9.64 Å². The van der Waals surface area contributed by atoms with Gasteiger partial charge in [-0.1, -0.05) is 0 Å². The Morgan fingerprint density at radius 1 is 1.20 bits per heavy atom. The van der Waals surface area contributed by atoms with Crippen LogP contribution in [0.25, 0.3) is 10.9 Å². The summed E-state index contributed by atoms with van der Waals surface area (Å²) in [6.07, 6.45) is 7.52. The maximum atomic E-state index is 12.4. The van der Waals surface area contributed by atoms with E-state index in [1.54, 1.807) is 19.5 Å². The van der Waals surface area contributed by atoms with Crippen LogP contribution in [-0.2, 0) is 9.73 Å². The Kier molecular flexibility index (Phi) is 4.27. The van der Waals surface area contributed by atoms with E-state index in [9.17, 15) is 4.21 Å². The number of hydrogen-bond acceptors (Lipinski definition) is 6. The van der Waals surface area contributed by atoms with Crippen molar-refractivity contribution < 1.29 is 8.95 Å². The highest BCUT2D eigenvalue weighted by atomic mass is 32.2. The van der Waals surface area contributed by atoms with E-state index in [0.29, 0.717) is 17.6 Å². The molecule has 0 radical (unpaired) electrons. The van der Waals surface area contributed by atoms with Gasteiger partial charge in [-0.3, -0.25) is 9.76 Å². The first-order valence-electron chi connectivity index (χ1n) is 8.86. The molecule has 1 saturated heterocycles. The zero-order chi connectivity index (χ0) is 17.4. The summed E-state index contributed by atoms with van der Waals surface area (Å²) >= 11 is 0. The summed E-state index contributed by atoms with van der Waals surface area (Å²) in [5.74, 6) is 1.54. The second kappa shape index (κ2) is 6.44. The van der Waals surface area contributed by atoms with Crippen molar-refractivity contribution in [1.29, 1.82) is 4.78 Å². The number of anilines is 1. The molecule has 1 unspecified atom stereocenters. The summed E-state index contributed by atoms with van der Waals surface area (Å²) in [5, 5.41) is 1.23. The number of fused-ring (bicyclic) bond motifs is 1. The van der Waals surface area contributed by atoms with E-state index in [-0.39, 0.29) is 5.25 Å². The second-order valence-electron chi connectivity index (χ2n) is 7.07. The van der Waals surface area contributed by atoms with Crippen molar-refractivity contribution in [2.75, 3.05) is 30.9 Å². The van der Waals surface area contributed by atoms with Gasteiger partial charge in [-0.05, 0) is 43.7 Å². The monoisotopic (exact) mass is 360 g/mol. The van der Waals surface area contributed by atoms with E-state index in [1.807, 2.05) is 12.1 Å². The SMILES string of the molecule is COc1nccc2c(N3CCC(CS(=N)(=O)C4CC4)CC3)ccnc12. The molecule has 0 bridgehead atoms. The predicted octanol–water partition coefficient (Wildman–Crippen LogP) is 3.06. The molecule has 4 rings (SSSR count). The molecule has 3 heterocycles. The molecule has 7 heteroatoms. The van der Waals surface area contributed by atoms with Gasteiger partial charge in [0.25, 0.3) is 0 Å². The molecular weight excluding hydrogens is 336 g/mol. The van der Waals surface area contributed by atoms with Gasteiger partial charge in [0.2, 0.25) is 5.88 Å². The second-order valence-corrected chi connectivity index (χ2v) is 9.52. The van der Waals surface area contributed by atoms with Gasteiger partial charge in [-0.2, -0.15) is 0 Å². The van der Waals surface area contributed by atoms with Crippen molar-refractivity contribution in [2.45, 2.75) is 30.9 Å². The average Bonchev–Trinajstić information content (AvgIpc) is 3.47. The molecular formula is C18H24N4O2S. The van der Waals surface area contributed by atoms with Crippen LogP contribution in [0.4, 0.5) is 5.69 Å². The number of hydrogen-bond donors (Lipinski definition) is 1. The summed E-state index contributed by atoms with van der Waals surface area (Å²) in [6, 6.07) is 4.02. The third-order valence-electron chi connectivity index (χ3n) is 5.30. The van der Waals surface area contributed by atoms with Crippen LogP contribution in [0.15, 0.2) is 24.5 Å². The third-order valence-corrected chi connectivity index (χ3v) is 7.81. The molecule has 1 aliphatic carbocycles. The van der Waals surface area contributed by atoms with Crippen molar-refractivity contribution in [3.63, 3.8) is 0 Å². The number of piperidine rings is 1. The highest BCUT2D eigenvalue weighted by Gasteiger charge is 2.35. The molecule has 1 N–H and O–H groups in total. The fourth-order valence-corrected chi connectivity index (χ4v) is 5.94. The standard InChI is InChI=1S/C18H24N4O2S/c1-24-18-17-15(4-8-21-18)16(5-9-20-17)22-10-6-13(7-11-22)12-25(19,23)14-2-3-14/h4-5,8-9,13-14,19H,2-3,6-7,10-12H2,1H3. The van der Waals surface area contributed by atoms with Gasteiger partial charge in [0.1, 0.15) is 5.52 Å². The molecule has 0 spiro atoms. The van der Waals surface area contributed by atoms with Crippen molar-refractivity contribution in [1.82, 2.24) is 9.97 Å². The average molecular weight is 360 g/mol. The predicted molar refractivity (Wildman–Crippen MR) is 99.8 cm³/mol. The Morgan fingerprint density at radius 2 is 1.92 bits per heavy atom. The summed E-state index contributed by atoms with van der Waals surface area (Å²) in [6.45, 7) is 1.85. The van der Waals surface area contributed by atoms with E-state index in [0.717, 1.165) is 55.4 Å². The minimum Gasteiger partial charge on any atom is -0.479 e. The van der Waals surface area contributed by atoms with Crippen LogP contribution in [0.2, 0.25) is 0 Å². The van der Waals surface area contributed by atoms with E-state index in [1.165, 1.54) is 0 Å². The van der Waals surface area contributed by atoms with Crippen LogP contribution in [0.5, 0.6) is 5.88 Å². The number of nitrogens with one attached hydrogen (secondary N) is 1. The van der Waals surface area contributed by atoms with Gasteiger partial charge in [0.15, 0.2) is 0 Å². The molecule has 1 aliphatic heterocycles. The number of rotatable bonds is 5. The van der Waals surface area contributed by atoms with Crippen LogP contribution >= 0.6 is 0 Å². The topological polar surface area (TPSA) is 79.2 Å². The van der Waals surface area contributed by atoms with Crippen molar-refractivity contribution >= 4 is 26.3 Å². The Balaban J connectivity index is 1.50. The largest absolute Gasteiger partial charge is 0.479 e. The Labute approximate surface area is 148 Å². The first-order chi connectivity index (χ1) is 12.1. The number of methoxy groups -OCH3 is 1. The lowest BCUT2D eigenvalue weighted by Gasteiger charge is -2.34. The smallest absolute Gasteiger partial charge is 0.240 e. The third kappa shape index (κ3) is 3.29. The van der Waals surface area contributed by atoms with Gasteiger partial charge in [-0.15, -0.1) is 0 Å². The van der Waals surface area contributed by atoms with Gasteiger partial charge in [0.05, 0.1) is 7.11 Å². The Morgan fingerprint density at radius 3 is 2.60 bits per heavy atom. The van der Waals surface area contributed by atoms with Crippen LogP contribution in [-0.4, -0.2) is 45.4 Å². The molecule has 1 saturated carbocycles. The first kappa shape index (κ1) is 16.6. The van der Waals surface area contributed by atoms with Gasteiger partial charge in [0, 0.05) is 57.3 Å². The normalized spacial score (nSPS) is 21.2. The van der Waals surface area contributed by atoms with Gasteiger partial charge >= 0.3 is 0 Å². The fourth-order valence-electron chi connectivity index (χ4n) is 3.74. The molecule has 0 aromatic carbocycles. The van der Waals surface area contributed by atoms with Crippen LogP contribution in [0.3, 0.4) is 0 Å². The Bertz CT molecular complexity index is 872. The fraction of sp³-hybridized carbons (Fsp3) is 0.556. The number of aromatic nitrogens is 2. The maximum Gasteiger partial charge on any atom is 0.240 e. The summed E-state index contributed by atoms with van der Waals surface area (Å²) in [4.78, 5) is 11.0.